The average molecular weight is 540 g/mol. The fraction of sp³-hybridized carbons (Fsp3) is 0.100. The molecular formula is C20H13BrF3N5O5. The van der Waals surface area contributed by atoms with Crippen molar-refractivity contribution in [1.29, 1.82) is 0 Å². The lowest BCUT2D eigenvalue weighted by Crippen LogP contribution is -2.15. The second kappa shape index (κ2) is 10.2. The van der Waals surface area contributed by atoms with Gasteiger partial charge in [0.05, 0.1) is 16.5 Å². The predicted octanol–water partition coefficient (Wildman–Crippen LogP) is 5.58. The third kappa shape index (κ3) is 6.04. The van der Waals surface area contributed by atoms with Gasteiger partial charge in [0.1, 0.15) is 16.9 Å². The van der Waals surface area contributed by atoms with Crippen LogP contribution in [-0.2, 0) is 10.9 Å². The van der Waals surface area contributed by atoms with Crippen molar-refractivity contribution in [2.45, 2.75) is 6.18 Å². The molecule has 176 valence electrons. The lowest BCUT2D eigenvalue weighted by Gasteiger charge is -2.14. The third-order valence-electron chi connectivity index (χ3n) is 4.06. The molecular weight excluding hydrogens is 527 g/mol. The van der Waals surface area contributed by atoms with Crippen LogP contribution in [-0.4, -0.2) is 33.9 Å². The van der Waals surface area contributed by atoms with Crippen molar-refractivity contribution in [2.24, 2.45) is 4.99 Å². The molecule has 3 rings (SSSR count). The summed E-state index contributed by atoms with van der Waals surface area (Å²) in [6.07, 6.45) is -2.24. The zero-order valence-corrected chi connectivity index (χ0v) is 18.6. The summed E-state index contributed by atoms with van der Waals surface area (Å²) in [7, 11) is 1.14. The molecule has 0 bridgehead atoms. The second-order valence-corrected chi connectivity index (χ2v) is 7.24. The zero-order chi connectivity index (χ0) is 24.9. The molecule has 0 aliphatic heterocycles. The number of nitrogens with one attached hydrogen (secondary N) is 1. The molecule has 0 atom stereocenters. The van der Waals surface area contributed by atoms with Gasteiger partial charge >= 0.3 is 18.2 Å². The predicted molar refractivity (Wildman–Crippen MR) is 117 cm³/mol. The molecule has 0 fully saturated rings. The van der Waals surface area contributed by atoms with E-state index in [2.05, 4.69) is 36.2 Å². The Kier molecular flexibility index (Phi) is 7.40. The van der Waals surface area contributed by atoms with Crippen LogP contribution in [0.2, 0.25) is 0 Å². The maximum atomic E-state index is 13.6. The maximum absolute atomic E-state index is 13.6. The molecule has 1 N–H and O–H groups in total. The normalized spacial score (nSPS) is 11.6. The van der Waals surface area contributed by atoms with E-state index in [4.69, 9.17) is 9.47 Å². The van der Waals surface area contributed by atoms with Crippen LogP contribution < -0.4 is 10.1 Å². The number of carbonyl (C=O) groups is 1. The van der Waals surface area contributed by atoms with Crippen molar-refractivity contribution >= 4 is 39.2 Å². The van der Waals surface area contributed by atoms with Crippen molar-refractivity contribution in [3.8, 4) is 11.8 Å². The Balaban J connectivity index is 1.88. The van der Waals surface area contributed by atoms with E-state index >= 15 is 0 Å². The number of hydrogen-bond donors (Lipinski definition) is 1. The molecule has 34 heavy (non-hydrogen) atoms. The van der Waals surface area contributed by atoms with Gasteiger partial charge in [-0.3, -0.25) is 10.1 Å². The number of anilines is 1. The minimum Gasteiger partial charge on any atom is -0.480 e. The van der Waals surface area contributed by atoms with Crippen molar-refractivity contribution in [3.05, 3.63) is 80.6 Å². The zero-order valence-electron chi connectivity index (χ0n) is 17.0. The van der Waals surface area contributed by atoms with Crippen LogP contribution in [0.5, 0.6) is 11.8 Å². The smallest absolute Gasteiger partial charge is 0.420 e. The molecule has 2 amide bonds. The van der Waals surface area contributed by atoms with Gasteiger partial charge < -0.3 is 14.8 Å². The first-order chi connectivity index (χ1) is 16.1. The number of urea groups is 1. The number of ether oxygens (including phenoxy) is 2. The summed E-state index contributed by atoms with van der Waals surface area (Å²) >= 11 is 3.10. The SMILES string of the molecule is CO/C(=N\C(=O)Nc1ccc(Oc2ncc(Br)cn2)c(C(F)(F)F)c1)c1ccccc1[N+](=O)[O-]. The van der Waals surface area contributed by atoms with Gasteiger partial charge in [0.15, 0.2) is 0 Å². The van der Waals surface area contributed by atoms with E-state index in [9.17, 15) is 28.1 Å². The second-order valence-electron chi connectivity index (χ2n) is 6.32. The highest BCUT2D eigenvalue weighted by Crippen LogP contribution is 2.39. The van der Waals surface area contributed by atoms with Gasteiger partial charge in [-0.25, -0.2) is 14.8 Å². The number of para-hydroxylation sites is 1. The van der Waals surface area contributed by atoms with E-state index in [0.717, 1.165) is 19.2 Å². The number of aromatic nitrogens is 2. The number of aliphatic imine (C=N–C) groups is 1. The molecule has 0 unspecified atom stereocenters. The van der Waals surface area contributed by atoms with E-state index in [1.54, 1.807) is 0 Å². The summed E-state index contributed by atoms with van der Waals surface area (Å²) in [5.41, 5.74) is -1.92. The first-order valence-corrected chi connectivity index (χ1v) is 9.92. The first-order valence-electron chi connectivity index (χ1n) is 9.12. The van der Waals surface area contributed by atoms with Crippen LogP contribution in [0.4, 0.5) is 29.3 Å². The maximum Gasteiger partial charge on any atom is 0.420 e. The average Bonchev–Trinajstić information content (AvgIpc) is 2.79. The number of benzene rings is 2. The summed E-state index contributed by atoms with van der Waals surface area (Å²) in [5, 5.41) is 13.4. The molecule has 0 aliphatic rings. The molecule has 0 radical (unpaired) electrons. The van der Waals surface area contributed by atoms with Gasteiger partial charge in [0.2, 0.25) is 5.90 Å². The van der Waals surface area contributed by atoms with Gasteiger partial charge in [0.25, 0.3) is 5.69 Å². The molecule has 10 nitrogen and oxygen atoms in total. The highest BCUT2D eigenvalue weighted by molar-refractivity contribution is 9.10. The minimum atomic E-state index is -4.84. The van der Waals surface area contributed by atoms with E-state index in [1.807, 2.05) is 0 Å². The Morgan fingerprint density at radius 2 is 1.85 bits per heavy atom. The fourth-order valence-corrected chi connectivity index (χ4v) is 2.85. The van der Waals surface area contributed by atoms with Crippen LogP contribution in [0, 0.1) is 10.1 Å². The Labute approximate surface area is 197 Å². The number of rotatable bonds is 5. The molecule has 2 aromatic carbocycles. The van der Waals surface area contributed by atoms with Crippen LogP contribution in [0.15, 0.2) is 64.3 Å². The Morgan fingerprint density at radius 1 is 1.18 bits per heavy atom. The Hall–Kier alpha value is -4.07. The summed E-state index contributed by atoms with van der Waals surface area (Å²) in [4.78, 5) is 33.9. The topological polar surface area (TPSA) is 129 Å². The largest absolute Gasteiger partial charge is 0.480 e. The Bertz CT molecular complexity index is 1250. The van der Waals surface area contributed by atoms with Crippen LogP contribution in [0.1, 0.15) is 11.1 Å². The monoisotopic (exact) mass is 539 g/mol. The van der Waals surface area contributed by atoms with Gasteiger partial charge in [-0.05, 0) is 40.2 Å². The quantitative estimate of drug-likeness (QED) is 0.194. The number of nitro benzene ring substituents is 1. The van der Waals surface area contributed by atoms with Gasteiger partial charge in [0, 0.05) is 24.1 Å². The first kappa shape index (κ1) is 24.6. The number of carbonyl (C=O) groups excluding carboxylic acids is 1. The number of halogens is 4. The third-order valence-corrected chi connectivity index (χ3v) is 4.47. The lowest BCUT2D eigenvalue weighted by molar-refractivity contribution is -0.385. The molecule has 14 heteroatoms. The number of nitro groups is 1. The van der Waals surface area contributed by atoms with Crippen molar-refractivity contribution in [2.75, 3.05) is 12.4 Å². The van der Waals surface area contributed by atoms with Crippen molar-refractivity contribution in [3.63, 3.8) is 0 Å². The standard InChI is InChI=1S/C20H13BrF3N5O5/c1-33-17(13-4-2-3-5-15(13)29(31)32)28-18(30)27-12-6-7-16(14(8-12)20(22,23)24)34-19-25-9-11(21)10-26-19/h2-10H,1H3,(H,27,30)/b28-17-. The van der Waals surface area contributed by atoms with Crippen LogP contribution in [0.25, 0.3) is 0 Å². The number of nitrogens with zero attached hydrogens (tertiary/aromatic N) is 4. The summed E-state index contributed by atoms with van der Waals surface area (Å²) < 4.78 is 51.4. The molecule has 1 heterocycles. The van der Waals surface area contributed by atoms with E-state index in [-0.39, 0.29) is 22.9 Å². The molecule has 1 aromatic heterocycles. The van der Waals surface area contributed by atoms with Gasteiger partial charge in [-0.2, -0.15) is 18.2 Å². The van der Waals surface area contributed by atoms with Gasteiger partial charge in [-0.15, -0.1) is 0 Å². The number of hydrogen-bond acceptors (Lipinski definition) is 7. The minimum absolute atomic E-state index is 0.0839. The molecule has 0 saturated carbocycles. The number of methoxy groups -OCH3 is 1. The summed E-state index contributed by atoms with van der Waals surface area (Å²) in [6.45, 7) is 0. The number of amides is 2. The van der Waals surface area contributed by atoms with Gasteiger partial charge in [-0.1, -0.05) is 12.1 Å². The van der Waals surface area contributed by atoms with E-state index < -0.39 is 34.3 Å². The highest BCUT2D eigenvalue weighted by atomic mass is 79.9. The van der Waals surface area contributed by atoms with E-state index in [1.165, 1.54) is 36.7 Å². The molecule has 0 aliphatic carbocycles. The number of alkyl halides is 3. The fourth-order valence-electron chi connectivity index (χ4n) is 2.64. The van der Waals surface area contributed by atoms with E-state index in [0.29, 0.717) is 10.5 Å². The summed E-state index contributed by atoms with van der Waals surface area (Å²) in [5.74, 6) is -0.984. The van der Waals surface area contributed by atoms with Crippen LogP contribution in [0.3, 0.4) is 0 Å². The molecule has 3 aromatic rings. The summed E-state index contributed by atoms with van der Waals surface area (Å²) in [6, 6.07) is 6.71. The lowest BCUT2D eigenvalue weighted by atomic mass is 10.1. The van der Waals surface area contributed by atoms with Crippen LogP contribution >= 0.6 is 15.9 Å². The highest BCUT2D eigenvalue weighted by Gasteiger charge is 2.35. The Morgan fingerprint density at radius 3 is 2.47 bits per heavy atom. The molecule has 0 spiro atoms. The molecule has 0 saturated heterocycles. The van der Waals surface area contributed by atoms with Crippen molar-refractivity contribution < 1.29 is 32.4 Å². The van der Waals surface area contributed by atoms with Crippen molar-refractivity contribution in [1.82, 2.24) is 9.97 Å².